The van der Waals surface area contributed by atoms with E-state index in [1.54, 1.807) is 0 Å². The van der Waals surface area contributed by atoms with Gasteiger partial charge < -0.3 is 20.3 Å². The lowest BCUT2D eigenvalue weighted by atomic mass is 9.89. The van der Waals surface area contributed by atoms with Crippen molar-refractivity contribution in [3.63, 3.8) is 0 Å². The van der Waals surface area contributed by atoms with Crippen LogP contribution in [0.4, 0.5) is 0 Å². The first-order valence-electron chi connectivity index (χ1n) is 7.45. The highest BCUT2D eigenvalue weighted by Gasteiger charge is 2.36. The summed E-state index contributed by atoms with van der Waals surface area (Å²) < 4.78 is 11.5. The molecule has 2 unspecified atom stereocenters. The number of hydrogen-bond donors (Lipinski definition) is 2. The predicted octanol–water partition coefficient (Wildman–Crippen LogP) is 2.70. The zero-order valence-electron chi connectivity index (χ0n) is 13.0. The van der Waals surface area contributed by atoms with Gasteiger partial charge in [0.2, 0.25) is 0 Å². The van der Waals surface area contributed by atoms with Crippen molar-refractivity contribution in [1.82, 2.24) is 0 Å². The Morgan fingerprint density at radius 2 is 1.68 bits per heavy atom. The first kappa shape index (κ1) is 16.3. The van der Waals surface area contributed by atoms with Gasteiger partial charge >= 0.3 is 0 Å². The molecule has 0 saturated carbocycles. The van der Waals surface area contributed by atoms with Gasteiger partial charge in [-0.2, -0.15) is 0 Å². The monoisotopic (exact) mass is 301 g/mol. The minimum absolute atomic E-state index is 0.108. The van der Waals surface area contributed by atoms with E-state index in [-0.39, 0.29) is 6.54 Å². The second-order valence-corrected chi connectivity index (χ2v) is 5.23. The fourth-order valence-electron chi connectivity index (χ4n) is 2.33. The molecule has 0 aliphatic carbocycles. The molecule has 2 aromatic carbocycles. The maximum absolute atomic E-state index is 10.4. The molecule has 0 spiro atoms. The molecule has 0 saturated heterocycles. The molecule has 118 valence electrons. The van der Waals surface area contributed by atoms with Crippen molar-refractivity contribution in [3.8, 4) is 11.5 Å². The highest BCUT2D eigenvalue weighted by atomic mass is 16.5. The molecule has 4 heteroatoms. The lowest BCUT2D eigenvalue weighted by molar-refractivity contribution is -0.0410. The van der Waals surface area contributed by atoms with Crippen LogP contribution < -0.4 is 15.2 Å². The van der Waals surface area contributed by atoms with Gasteiger partial charge in [-0.3, -0.25) is 0 Å². The van der Waals surface area contributed by atoms with E-state index in [2.05, 4.69) is 0 Å². The van der Waals surface area contributed by atoms with E-state index < -0.39 is 11.7 Å². The largest absolute Gasteiger partial charge is 0.494 e. The van der Waals surface area contributed by atoms with Gasteiger partial charge in [-0.15, -0.1) is 0 Å². The molecule has 2 aromatic rings. The van der Waals surface area contributed by atoms with E-state index >= 15 is 0 Å². The molecule has 0 bridgehead atoms. The van der Waals surface area contributed by atoms with Crippen LogP contribution in [0.25, 0.3) is 0 Å². The van der Waals surface area contributed by atoms with Crippen molar-refractivity contribution in [1.29, 1.82) is 0 Å². The second-order valence-electron chi connectivity index (χ2n) is 5.23. The van der Waals surface area contributed by atoms with Gasteiger partial charge in [0, 0.05) is 6.54 Å². The smallest absolute Gasteiger partial charge is 0.158 e. The minimum atomic E-state index is -0.930. The van der Waals surface area contributed by atoms with Gasteiger partial charge in [0.1, 0.15) is 17.6 Å². The quantitative estimate of drug-likeness (QED) is 0.825. The third kappa shape index (κ3) is 3.59. The summed E-state index contributed by atoms with van der Waals surface area (Å²) in [5.41, 5.74) is 5.59. The second kappa shape index (κ2) is 7.29. The summed E-state index contributed by atoms with van der Waals surface area (Å²) in [5, 5.41) is 10.4. The number of ether oxygens (including phenoxy) is 2. The Hall–Kier alpha value is -2.04. The van der Waals surface area contributed by atoms with Crippen LogP contribution >= 0.6 is 0 Å². The average molecular weight is 301 g/mol. The Bertz CT molecular complexity index is 571. The molecule has 0 aromatic heterocycles. The van der Waals surface area contributed by atoms with Gasteiger partial charge in [-0.05, 0) is 43.7 Å². The van der Waals surface area contributed by atoms with E-state index in [1.165, 1.54) is 0 Å². The maximum Gasteiger partial charge on any atom is 0.158 e. The van der Waals surface area contributed by atoms with Crippen LogP contribution in [-0.4, -0.2) is 24.4 Å². The summed E-state index contributed by atoms with van der Waals surface area (Å²) in [7, 11) is 0. The Morgan fingerprint density at radius 1 is 1.05 bits per heavy atom. The van der Waals surface area contributed by atoms with Gasteiger partial charge in [0.25, 0.3) is 0 Å². The van der Waals surface area contributed by atoms with Crippen LogP contribution in [0.1, 0.15) is 19.4 Å². The predicted molar refractivity (Wildman–Crippen MR) is 87.1 cm³/mol. The molecular formula is C18H23NO3. The molecule has 22 heavy (non-hydrogen) atoms. The molecule has 2 atom stereocenters. The Kier molecular flexibility index (Phi) is 5.41. The molecule has 0 fully saturated rings. The summed E-state index contributed by atoms with van der Waals surface area (Å²) in [6, 6.07) is 16.9. The maximum atomic E-state index is 10.4. The van der Waals surface area contributed by atoms with Crippen LogP contribution in [-0.2, 0) is 5.60 Å². The first-order chi connectivity index (χ1) is 10.6. The number of aliphatic hydroxyl groups excluding tert-OH is 1. The van der Waals surface area contributed by atoms with E-state index in [9.17, 15) is 5.11 Å². The summed E-state index contributed by atoms with van der Waals surface area (Å²) in [6.07, 6.45) is -0.828. The normalized spacial score (nSPS) is 14.9. The topological polar surface area (TPSA) is 64.7 Å². The Labute approximate surface area is 131 Å². The molecule has 3 N–H and O–H groups in total. The molecule has 0 radical (unpaired) electrons. The van der Waals surface area contributed by atoms with Crippen LogP contribution in [0.15, 0.2) is 54.6 Å². The molecule has 0 aliphatic rings. The molecule has 2 rings (SSSR count). The van der Waals surface area contributed by atoms with E-state index in [0.29, 0.717) is 12.4 Å². The highest BCUT2D eigenvalue weighted by Crippen LogP contribution is 2.32. The average Bonchev–Trinajstić information content (AvgIpc) is 2.56. The van der Waals surface area contributed by atoms with Crippen molar-refractivity contribution in [2.75, 3.05) is 13.2 Å². The molecule has 0 heterocycles. The minimum Gasteiger partial charge on any atom is -0.494 e. The number of para-hydroxylation sites is 1. The van der Waals surface area contributed by atoms with E-state index in [1.807, 2.05) is 68.4 Å². The standard InChI is InChI=1S/C18H23NO3/c1-3-21-15-11-9-14(10-12-15)18(2,17(20)13-19)22-16-7-5-4-6-8-16/h4-12,17,20H,3,13,19H2,1-2H3. The van der Waals surface area contributed by atoms with Crippen LogP contribution in [0.3, 0.4) is 0 Å². The number of aliphatic hydroxyl groups is 1. The third-order valence-corrected chi connectivity index (χ3v) is 3.67. The SMILES string of the molecule is CCOc1ccc(C(C)(Oc2ccccc2)C(O)CN)cc1. The van der Waals surface area contributed by atoms with E-state index in [0.717, 1.165) is 11.3 Å². The molecule has 0 aliphatic heterocycles. The van der Waals surface area contributed by atoms with Crippen molar-refractivity contribution in [3.05, 3.63) is 60.2 Å². The fraction of sp³-hybridized carbons (Fsp3) is 0.333. The van der Waals surface area contributed by atoms with Crippen LogP contribution in [0.2, 0.25) is 0 Å². The molecule has 0 amide bonds. The van der Waals surface area contributed by atoms with Crippen LogP contribution in [0, 0.1) is 0 Å². The van der Waals surface area contributed by atoms with Crippen molar-refractivity contribution in [2.45, 2.75) is 25.6 Å². The fourth-order valence-corrected chi connectivity index (χ4v) is 2.33. The number of rotatable bonds is 7. The van der Waals surface area contributed by atoms with Gasteiger partial charge in [0.05, 0.1) is 6.61 Å². The van der Waals surface area contributed by atoms with E-state index in [4.69, 9.17) is 15.2 Å². The van der Waals surface area contributed by atoms with Crippen molar-refractivity contribution >= 4 is 0 Å². The summed E-state index contributed by atoms with van der Waals surface area (Å²) in [4.78, 5) is 0. The lowest BCUT2D eigenvalue weighted by Gasteiger charge is -2.35. The third-order valence-electron chi connectivity index (χ3n) is 3.67. The van der Waals surface area contributed by atoms with Gasteiger partial charge in [0.15, 0.2) is 5.60 Å². The highest BCUT2D eigenvalue weighted by molar-refractivity contribution is 5.33. The van der Waals surface area contributed by atoms with Crippen molar-refractivity contribution in [2.24, 2.45) is 5.73 Å². The molecular weight excluding hydrogens is 278 g/mol. The Balaban J connectivity index is 2.32. The van der Waals surface area contributed by atoms with Crippen molar-refractivity contribution < 1.29 is 14.6 Å². The Morgan fingerprint density at radius 3 is 2.23 bits per heavy atom. The first-order valence-corrected chi connectivity index (χ1v) is 7.45. The van der Waals surface area contributed by atoms with Gasteiger partial charge in [-0.1, -0.05) is 30.3 Å². The van der Waals surface area contributed by atoms with Gasteiger partial charge in [-0.25, -0.2) is 0 Å². The summed E-state index contributed by atoms with van der Waals surface area (Å²) in [6.45, 7) is 4.50. The zero-order valence-corrected chi connectivity index (χ0v) is 13.0. The number of nitrogens with two attached hydrogens (primary N) is 1. The lowest BCUT2D eigenvalue weighted by Crippen LogP contribution is -2.46. The summed E-state index contributed by atoms with van der Waals surface area (Å²) in [5.74, 6) is 1.47. The molecule has 4 nitrogen and oxygen atoms in total. The number of hydrogen-bond acceptors (Lipinski definition) is 4. The van der Waals surface area contributed by atoms with Crippen LogP contribution in [0.5, 0.6) is 11.5 Å². The zero-order chi connectivity index (χ0) is 16.0. The number of benzene rings is 2. The summed E-state index contributed by atoms with van der Waals surface area (Å²) >= 11 is 0.